The number of hydrogen-bond acceptors (Lipinski definition) is 5. The number of hydrogen-bond donors (Lipinski definition) is 2. The molecule has 1 fully saturated rings. The number of anilines is 3. The van der Waals surface area contributed by atoms with E-state index in [9.17, 15) is 24.1 Å². The normalized spacial score (nSPS) is 14.3. The first-order valence-electron chi connectivity index (χ1n) is 9.66. The SMILES string of the molecule is CC(=O)Nc1cc(NC(=O)c2ccc(N3CCC(C)CC3)c([N+](=O)[O-])c2)ccc1F. The first kappa shape index (κ1) is 21.2. The van der Waals surface area contributed by atoms with Crippen molar-refractivity contribution in [3.05, 3.63) is 57.9 Å². The molecular weight excluding hydrogens is 391 g/mol. The Kier molecular flexibility index (Phi) is 6.29. The van der Waals surface area contributed by atoms with Crippen molar-refractivity contribution in [3.63, 3.8) is 0 Å². The van der Waals surface area contributed by atoms with Crippen LogP contribution in [-0.2, 0) is 4.79 Å². The monoisotopic (exact) mass is 414 g/mol. The number of piperidine rings is 1. The lowest BCUT2D eigenvalue weighted by molar-refractivity contribution is -0.384. The summed E-state index contributed by atoms with van der Waals surface area (Å²) in [5, 5.41) is 16.5. The fraction of sp³-hybridized carbons (Fsp3) is 0.333. The summed E-state index contributed by atoms with van der Waals surface area (Å²) in [6, 6.07) is 8.12. The zero-order chi connectivity index (χ0) is 21.8. The second-order valence-corrected chi connectivity index (χ2v) is 7.46. The van der Waals surface area contributed by atoms with Gasteiger partial charge in [0.2, 0.25) is 5.91 Å². The van der Waals surface area contributed by atoms with Gasteiger partial charge in [0.05, 0.1) is 10.6 Å². The van der Waals surface area contributed by atoms with E-state index in [0.29, 0.717) is 11.6 Å². The van der Waals surface area contributed by atoms with Crippen LogP contribution in [0, 0.1) is 21.8 Å². The Morgan fingerprint density at radius 2 is 1.83 bits per heavy atom. The van der Waals surface area contributed by atoms with E-state index in [2.05, 4.69) is 17.6 Å². The summed E-state index contributed by atoms with van der Waals surface area (Å²) < 4.78 is 13.8. The highest BCUT2D eigenvalue weighted by Gasteiger charge is 2.25. The fourth-order valence-corrected chi connectivity index (χ4v) is 3.42. The summed E-state index contributed by atoms with van der Waals surface area (Å²) in [7, 11) is 0. The van der Waals surface area contributed by atoms with Gasteiger partial charge in [-0.3, -0.25) is 19.7 Å². The van der Waals surface area contributed by atoms with Gasteiger partial charge >= 0.3 is 0 Å². The highest BCUT2D eigenvalue weighted by Crippen LogP contribution is 2.32. The van der Waals surface area contributed by atoms with Crippen LogP contribution in [0.15, 0.2) is 36.4 Å². The Bertz CT molecular complexity index is 987. The standard InChI is InChI=1S/C21H23FN4O4/c1-13-7-9-25(10-8-13)19-6-3-15(11-20(19)26(29)30)21(28)24-16-4-5-17(22)18(12-16)23-14(2)27/h3-6,11-13H,7-10H2,1-2H3,(H,23,27)(H,24,28). The molecule has 0 spiro atoms. The van der Waals surface area contributed by atoms with Gasteiger partial charge in [-0.25, -0.2) is 4.39 Å². The maximum absolute atomic E-state index is 13.8. The van der Waals surface area contributed by atoms with Crippen LogP contribution in [0.2, 0.25) is 0 Å². The molecule has 2 amide bonds. The predicted octanol–water partition coefficient (Wildman–Crippen LogP) is 4.18. The summed E-state index contributed by atoms with van der Waals surface area (Å²) in [4.78, 5) is 36.9. The van der Waals surface area contributed by atoms with Crippen LogP contribution >= 0.6 is 0 Å². The molecule has 8 nitrogen and oxygen atoms in total. The van der Waals surface area contributed by atoms with Crippen LogP contribution in [0.5, 0.6) is 0 Å². The van der Waals surface area contributed by atoms with Crippen molar-refractivity contribution in [2.45, 2.75) is 26.7 Å². The van der Waals surface area contributed by atoms with E-state index in [-0.39, 0.29) is 22.6 Å². The van der Waals surface area contributed by atoms with Crippen molar-refractivity contribution in [3.8, 4) is 0 Å². The molecular formula is C21H23FN4O4. The molecule has 2 aromatic carbocycles. The molecule has 0 radical (unpaired) electrons. The summed E-state index contributed by atoms with van der Waals surface area (Å²) in [5.41, 5.74) is 0.664. The van der Waals surface area contributed by atoms with E-state index in [4.69, 9.17) is 0 Å². The Morgan fingerprint density at radius 3 is 2.47 bits per heavy atom. The molecule has 0 aromatic heterocycles. The molecule has 0 atom stereocenters. The number of rotatable bonds is 5. The van der Waals surface area contributed by atoms with E-state index >= 15 is 0 Å². The van der Waals surface area contributed by atoms with Crippen LogP contribution in [0.4, 0.5) is 27.1 Å². The first-order chi connectivity index (χ1) is 14.2. The van der Waals surface area contributed by atoms with Gasteiger partial charge in [0.25, 0.3) is 11.6 Å². The molecule has 0 saturated carbocycles. The summed E-state index contributed by atoms with van der Waals surface area (Å²) in [6.07, 6.45) is 1.92. The van der Waals surface area contributed by atoms with Crippen LogP contribution in [0.1, 0.15) is 37.0 Å². The topological polar surface area (TPSA) is 105 Å². The molecule has 1 aliphatic rings. The third-order valence-corrected chi connectivity index (χ3v) is 5.09. The molecule has 1 saturated heterocycles. The molecule has 0 bridgehead atoms. The Morgan fingerprint density at radius 1 is 1.13 bits per heavy atom. The zero-order valence-corrected chi connectivity index (χ0v) is 16.8. The Hall–Kier alpha value is -3.49. The molecule has 1 heterocycles. The van der Waals surface area contributed by atoms with Gasteiger partial charge in [-0.2, -0.15) is 0 Å². The smallest absolute Gasteiger partial charge is 0.293 e. The van der Waals surface area contributed by atoms with Crippen molar-refractivity contribution in [1.29, 1.82) is 0 Å². The summed E-state index contributed by atoms with van der Waals surface area (Å²) in [6.45, 7) is 4.87. The van der Waals surface area contributed by atoms with Gasteiger partial charge in [-0.15, -0.1) is 0 Å². The number of carbonyl (C=O) groups excluding carboxylic acids is 2. The molecule has 1 aliphatic heterocycles. The van der Waals surface area contributed by atoms with Crippen molar-refractivity contribution in [2.24, 2.45) is 5.92 Å². The number of amides is 2. The largest absolute Gasteiger partial charge is 0.366 e. The second-order valence-electron chi connectivity index (χ2n) is 7.46. The minimum Gasteiger partial charge on any atom is -0.366 e. The van der Waals surface area contributed by atoms with Gasteiger partial charge in [0.15, 0.2) is 0 Å². The van der Waals surface area contributed by atoms with Gasteiger partial charge in [-0.1, -0.05) is 6.92 Å². The second kappa shape index (κ2) is 8.89. The first-order valence-corrected chi connectivity index (χ1v) is 9.66. The van der Waals surface area contributed by atoms with Gasteiger partial charge < -0.3 is 15.5 Å². The average molecular weight is 414 g/mol. The van der Waals surface area contributed by atoms with E-state index < -0.39 is 22.6 Å². The molecule has 158 valence electrons. The minimum absolute atomic E-state index is 0.0686. The molecule has 2 N–H and O–H groups in total. The maximum Gasteiger partial charge on any atom is 0.293 e. The van der Waals surface area contributed by atoms with Crippen LogP contribution in [-0.4, -0.2) is 29.8 Å². The quantitative estimate of drug-likeness (QED) is 0.564. The molecule has 2 aromatic rings. The number of carbonyl (C=O) groups is 2. The van der Waals surface area contributed by atoms with Crippen molar-refractivity contribution < 1.29 is 18.9 Å². The van der Waals surface area contributed by atoms with E-state index in [1.807, 2.05) is 4.90 Å². The Labute approximate surface area is 173 Å². The molecule has 0 aliphatic carbocycles. The highest BCUT2D eigenvalue weighted by molar-refractivity contribution is 6.05. The number of nitro benzene ring substituents is 1. The molecule has 3 rings (SSSR count). The van der Waals surface area contributed by atoms with Gasteiger partial charge in [-0.05, 0) is 49.1 Å². The van der Waals surface area contributed by atoms with Crippen molar-refractivity contribution >= 4 is 34.6 Å². The van der Waals surface area contributed by atoms with Crippen LogP contribution < -0.4 is 15.5 Å². The lowest BCUT2D eigenvalue weighted by atomic mass is 9.98. The molecule has 30 heavy (non-hydrogen) atoms. The van der Waals surface area contributed by atoms with E-state index in [1.165, 1.54) is 31.2 Å². The third kappa shape index (κ3) is 4.91. The number of nitrogens with one attached hydrogen (secondary N) is 2. The van der Waals surface area contributed by atoms with Crippen molar-refractivity contribution in [2.75, 3.05) is 28.6 Å². The van der Waals surface area contributed by atoms with Gasteiger partial charge in [0, 0.05) is 37.3 Å². The minimum atomic E-state index is -0.640. The Balaban J connectivity index is 1.82. The average Bonchev–Trinajstić information content (AvgIpc) is 2.70. The van der Waals surface area contributed by atoms with Gasteiger partial charge in [0.1, 0.15) is 11.5 Å². The van der Waals surface area contributed by atoms with E-state index in [1.54, 1.807) is 6.07 Å². The lowest BCUT2D eigenvalue weighted by Crippen LogP contribution is -2.33. The number of nitrogens with zero attached hydrogens (tertiary/aromatic N) is 2. The highest BCUT2D eigenvalue weighted by atomic mass is 19.1. The summed E-state index contributed by atoms with van der Waals surface area (Å²) in [5.74, 6) is -1.07. The van der Waals surface area contributed by atoms with Crippen molar-refractivity contribution in [1.82, 2.24) is 0 Å². The zero-order valence-electron chi connectivity index (χ0n) is 16.8. The van der Waals surface area contributed by atoms with Crippen LogP contribution in [0.25, 0.3) is 0 Å². The molecule has 0 unspecified atom stereocenters. The number of nitro groups is 1. The van der Waals surface area contributed by atoms with E-state index in [0.717, 1.165) is 32.0 Å². The number of benzene rings is 2. The maximum atomic E-state index is 13.8. The third-order valence-electron chi connectivity index (χ3n) is 5.09. The van der Waals surface area contributed by atoms with Crippen LogP contribution in [0.3, 0.4) is 0 Å². The molecule has 9 heteroatoms. The number of halogens is 1. The predicted molar refractivity (Wildman–Crippen MR) is 112 cm³/mol. The summed E-state index contributed by atoms with van der Waals surface area (Å²) >= 11 is 0. The fourth-order valence-electron chi connectivity index (χ4n) is 3.42. The lowest BCUT2D eigenvalue weighted by Gasteiger charge is -2.31.